The lowest BCUT2D eigenvalue weighted by atomic mass is 10.2. The Bertz CT molecular complexity index is 878. The summed E-state index contributed by atoms with van der Waals surface area (Å²) in [6.45, 7) is 1.85. The predicted octanol–water partition coefficient (Wildman–Crippen LogP) is 2.50. The van der Waals surface area contributed by atoms with E-state index in [1.807, 2.05) is 42.5 Å². The van der Waals surface area contributed by atoms with E-state index < -0.39 is 0 Å². The third-order valence-electron chi connectivity index (χ3n) is 4.08. The van der Waals surface area contributed by atoms with Crippen molar-refractivity contribution in [1.82, 2.24) is 14.5 Å². The van der Waals surface area contributed by atoms with Gasteiger partial charge in [-0.15, -0.1) is 0 Å². The fourth-order valence-electron chi connectivity index (χ4n) is 2.70. The van der Waals surface area contributed by atoms with Crippen molar-refractivity contribution in [2.45, 2.75) is 19.4 Å². The monoisotopic (exact) mass is 349 g/mol. The number of nitrogens with two attached hydrogens (primary N) is 1. The van der Waals surface area contributed by atoms with Crippen LogP contribution in [0.2, 0.25) is 0 Å². The Labute approximate surface area is 152 Å². The van der Waals surface area contributed by atoms with Crippen molar-refractivity contribution < 1.29 is 0 Å². The second kappa shape index (κ2) is 8.92. The smallest absolute Gasteiger partial charge is 0.255 e. The molecule has 0 atom stereocenters. The minimum Gasteiger partial charge on any atom is -0.356 e. The van der Waals surface area contributed by atoms with Crippen LogP contribution in [0.1, 0.15) is 18.4 Å². The van der Waals surface area contributed by atoms with Crippen LogP contribution in [0, 0.1) is 0 Å². The van der Waals surface area contributed by atoms with E-state index in [1.165, 1.54) is 0 Å². The summed E-state index contributed by atoms with van der Waals surface area (Å²) >= 11 is 0. The molecule has 0 bridgehead atoms. The summed E-state index contributed by atoms with van der Waals surface area (Å²) in [6, 6.07) is 15.2. The lowest BCUT2D eigenvalue weighted by Crippen LogP contribution is -2.25. The van der Waals surface area contributed by atoms with Gasteiger partial charge in [-0.2, -0.15) is 0 Å². The molecule has 3 N–H and O–H groups in total. The van der Waals surface area contributed by atoms with Crippen LogP contribution in [0.25, 0.3) is 11.3 Å². The zero-order chi connectivity index (χ0) is 18.2. The highest BCUT2D eigenvalue weighted by Crippen LogP contribution is 2.17. The van der Waals surface area contributed by atoms with Gasteiger partial charge in [0, 0.05) is 30.6 Å². The molecule has 0 spiro atoms. The number of nitrogens with zero attached hydrogens (tertiary/aromatic N) is 3. The third-order valence-corrected chi connectivity index (χ3v) is 4.08. The van der Waals surface area contributed by atoms with Crippen molar-refractivity contribution in [2.24, 2.45) is 5.73 Å². The van der Waals surface area contributed by atoms with E-state index in [1.54, 1.807) is 23.0 Å². The molecular weight excluding hydrogens is 326 g/mol. The van der Waals surface area contributed by atoms with Gasteiger partial charge in [-0.1, -0.05) is 30.3 Å². The second-order valence-corrected chi connectivity index (χ2v) is 6.03. The summed E-state index contributed by atoms with van der Waals surface area (Å²) < 4.78 is 1.67. The number of rotatable bonds is 8. The van der Waals surface area contributed by atoms with Gasteiger partial charge in [-0.05, 0) is 37.1 Å². The number of nitrogens with one attached hydrogen (secondary N) is 1. The molecule has 0 aliphatic rings. The molecule has 0 aliphatic carbocycles. The average Bonchev–Trinajstić information content (AvgIpc) is 2.69. The van der Waals surface area contributed by atoms with Crippen LogP contribution in [0.5, 0.6) is 0 Å². The van der Waals surface area contributed by atoms with Gasteiger partial charge >= 0.3 is 0 Å². The number of unbranched alkanes of at least 4 members (excludes halogenated alkanes) is 1. The Kier molecular flexibility index (Phi) is 6.11. The molecule has 0 aliphatic heterocycles. The van der Waals surface area contributed by atoms with Crippen LogP contribution in [-0.4, -0.2) is 27.6 Å². The normalized spacial score (nSPS) is 10.7. The summed E-state index contributed by atoms with van der Waals surface area (Å²) in [5.41, 5.74) is 8.04. The number of hydrogen-bond donors (Lipinski definition) is 2. The summed E-state index contributed by atoms with van der Waals surface area (Å²) in [5, 5.41) is 3.30. The van der Waals surface area contributed by atoms with Crippen LogP contribution in [0.15, 0.2) is 65.7 Å². The highest BCUT2D eigenvalue weighted by atomic mass is 16.1. The standard InChI is InChI=1S/C20H23N5O/c21-10-4-5-11-23-20-24-18(17-8-12-22-13-9-17)14-19(26)25(20)15-16-6-2-1-3-7-16/h1-3,6-9,12-14H,4-5,10-11,15,21H2,(H,23,24). The van der Waals surface area contributed by atoms with Crippen molar-refractivity contribution in [1.29, 1.82) is 0 Å². The summed E-state index contributed by atoms with van der Waals surface area (Å²) in [6.07, 6.45) is 5.25. The van der Waals surface area contributed by atoms with Crippen LogP contribution in [0.4, 0.5) is 5.95 Å². The maximum atomic E-state index is 12.8. The van der Waals surface area contributed by atoms with Gasteiger partial charge in [0.1, 0.15) is 0 Å². The Balaban J connectivity index is 1.94. The van der Waals surface area contributed by atoms with Crippen molar-refractivity contribution >= 4 is 5.95 Å². The van der Waals surface area contributed by atoms with Gasteiger partial charge < -0.3 is 11.1 Å². The van der Waals surface area contributed by atoms with Crippen LogP contribution in [-0.2, 0) is 6.54 Å². The fraction of sp³-hybridized carbons (Fsp3) is 0.250. The van der Waals surface area contributed by atoms with Gasteiger partial charge in [0.15, 0.2) is 0 Å². The maximum Gasteiger partial charge on any atom is 0.255 e. The Hall–Kier alpha value is -2.99. The van der Waals surface area contributed by atoms with Crippen molar-refractivity contribution in [2.75, 3.05) is 18.4 Å². The molecule has 0 amide bonds. The van der Waals surface area contributed by atoms with Gasteiger partial charge in [0.25, 0.3) is 5.56 Å². The minimum atomic E-state index is -0.0861. The largest absolute Gasteiger partial charge is 0.356 e. The van der Waals surface area contributed by atoms with Gasteiger partial charge in [-0.25, -0.2) is 4.98 Å². The van der Waals surface area contributed by atoms with Crippen LogP contribution in [0.3, 0.4) is 0 Å². The predicted molar refractivity (Wildman–Crippen MR) is 104 cm³/mol. The highest BCUT2D eigenvalue weighted by molar-refractivity contribution is 5.59. The van der Waals surface area contributed by atoms with Crippen molar-refractivity contribution in [3.05, 3.63) is 76.8 Å². The molecule has 1 aromatic carbocycles. The van der Waals surface area contributed by atoms with E-state index in [0.717, 1.165) is 30.5 Å². The quantitative estimate of drug-likeness (QED) is 0.610. The molecule has 0 fully saturated rings. The Morgan fingerprint density at radius 3 is 2.54 bits per heavy atom. The van der Waals surface area contributed by atoms with E-state index in [-0.39, 0.29) is 5.56 Å². The lowest BCUT2D eigenvalue weighted by molar-refractivity contribution is 0.722. The van der Waals surface area contributed by atoms with E-state index in [0.29, 0.717) is 24.7 Å². The molecule has 2 heterocycles. The van der Waals surface area contributed by atoms with E-state index in [9.17, 15) is 4.79 Å². The number of anilines is 1. The van der Waals surface area contributed by atoms with E-state index >= 15 is 0 Å². The topological polar surface area (TPSA) is 85.8 Å². The Morgan fingerprint density at radius 2 is 1.81 bits per heavy atom. The molecule has 3 rings (SSSR count). The van der Waals surface area contributed by atoms with Crippen molar-refractivity contribution in [3.8, 4) is 11.3 Å². The molecule has 3 aromatic rings. The third kappa shape index (κ3) is 4.55. The molecule has 6 heteroatoms. The molecule has 134 valence electrons. The first-order valence-corrected chi connectivity index (χ1v) is 8.78. The molecule has 6 nitrogen and oxygen atoms in total. The van der Waals surface area contributed by atoms with Crippen LogP contribution < -0.4 is 16.6 Å². The maximum absolute atomic E-state index is 12.8. The fourth-order valence-corrected chi connectivity index (χ4v) is 2.70. The van der Waals surface area contributed by atoms with Gasteiger partial charge in [0.05, 0.1) is 12.2 Å². The summed E-state index contributed by atoms with van der Waals surface area (Å²) in [7, 11) is 0. The molecule has 0 unspecified atom stereocenters. The zero-order valence-electron chi connectivity index (χ0n) is 14.6. The minimum absolute atomic E-state index is 0.0861. The Morgan fingerprint density at radius 1 is 1.04 bits per heavy atom. The number of benzene rings is 1. The SMILES string of the molecule is NCCCCNc1nc(-c2ccncc2)cc(=O)n1Cc1ccccc1. The molecule has 2 aromatic heterocycles. The second-order valence-electron chi connectivity index (χ2n) is 6.03. The lowest BCUT2D eigenvalue weighted by Gasteiger charge is -2.15. The van der Waals surface area contributed by atoms with Gasteiger partial charge in [0.2, 0.25) is 5.95 Å². The van der Waals surface area contributed by atoms with Crippen LogP contribution >= 0.6 is 0 Å². The van der Waals surface area contributed by atoms with Crippen molar-refractivity contribution in [3.63, 3.8) is 0 Å². The number of pyridine rings is 1. The summed E-state index contributed by atoms with van der Waals surface area (Å²) in [4.78, 5) is 21.5. The zero-order valence-corrected chi connectivity index (χ0v) is 14.6. The van der Waals surface area contributed by atoms with E-state index in [4.69, 9.17) is 10.7 Å². The molecule has 0 saturated carbocycles. The number of aromatic nitrogens is 3. The molecule has 0 saturated heterocycles. The highest BCUT2D eigenvalue weighted by Gasteiger charge is 2.10. The average molecular weight is 349 g/mol. The summed E-state index contributed by atoms with van der Waals surface area (Å²) in [5.74, 6) is 0.574. The van der Waals surface area contributed by atoms with E-state index in [2.05, 4.69) is 10.3 Å². The first kappa shape index (κ1) is 17.8. The first-order chi connectivity index (χ1) is 12.8. The molecule has 0 radical (unpaired) electrons. The number of hydrogen-bond acceptors (Lipinski definition) is 5. The molecular formula is C20H23N5O. The first-order valence-electron chi connectivity index (χ1n) is 8.78. The molecule has 26 heavy (non-hydrogen) atoms. The van der Waals surface area contributed by atoms with Gasteiger partial charge in [-0.3, -0.25) is 14.3 Å².